The molecule has 162 valence electrons. The maximum atomic E-state index is 11.0. The van der Waals surface area contributed by atoms with Crippen LogP contribution in [0.4, 0.5) is 0 Å². The minimum atomic E-state index is 0.346. The number of phenols is 1. The third-order valence-corrected chi connectivity index (χ3v) is 5.92. The minimum Gasteiger partial charge on any atom is -0.507 e. The van der Waals surface area contributed by atoms with Crippen molar-refractivity contribution >= 4 is 11.0 Å². The fourth-order valence-electron chi connectivity index (χ4n) is 4.16. The van der Waals surface area contributed by atoms with Crippen LogP contribution < -0.4 is 5.73 Å². The summed E-state index contributed by atoms with van der Waals surface area (Å²) in [5.74, 6) is 0.346. The van der Waals surface area contributed by atoms with Crippen LogP contribution in [-0.4, -0.2) is 20.5 Å². The third-order valence-electron chi connectivity index (χ3n) is 5.92. The van der Waals surface area contributed by atoms with Gasteiger partial charge in [0.25, 0.3) is 0 Å². The van der Waals surface area contributed by atoms with E-state index in [1.807, 2.05) is 24.3 Å². The molecule has 0 aliphatic carbocycles. The lowest BCUT2D eigenvalue weighted by atomic mass is 9.94. The van der Waals surface area contributed by atoms with E-state index in [1.54, 1.807) is 0 Å². The number of aromatic amines is 1. The Bertz CT molecular complexity index is 919. The van der Waals surface area contributed by atoms with Gasteiger partial charge in [-0.25, -0.2) is 0 Å². The van der Waals surface area contributed by atoms with Crippen LogP contribution in [0.25, 0.3) is 22.2 Å². The molecule has 0 aliphatic heterocycles. The largest absolute Gasteiger partial charge is 0.507 e. The maximum Gasteiger partial charge on any atom is 0.126 e. The molecule has 0 spiro atoms. The van der Waals surface area contributed by atoms with E-state index in [2.05, 4.69) is 28.4 Å². The Morgan fingerprint density at radius 1 is 0.867 bits per heavy atom. The van der Waals surface area contributed by atoms with E-state index >= 15 is 0 Å². The molecule has 0 saturated carbocycles. The summed E-state index contributed by atoms with van der Waals surface area (Å²) in [6.45, 7) is 2.71. The van der Waals surface area contributed by atoms with E-state index in [0.717, 1.165) is 46.1 Å². The number of unbranched alkanes of at least 4 members (excludes halogenated alkanes) is 9. The summed E-state index contributed by atoms with van der Waals surface area (Å²) >= 11 is 0. The second kappa shape index (κ2) is 11.7. The van der Waals surface area contributed by atoms with Crippen molar-refractivity contribution in [2.45, 2.75) is 84.1 Å². The van der Waals surface area contributed by atoms with Crippen LogP contribution in [0.5, 0.6) is 5.75 Å². The number of para-hydroxylation sites is 1. The van der Waals surface area contributed by atoms with Crippen molar-refractivity contribution < 1.29 is 5.11 Å². The van der Waals surface area contributed by atoms with Crippen LogP contribution in [0.2, 0.25) is 0 Å². The highest BCUT2D eigenvalue weighted by molar-refractivity contribution is 5.93. The number of aryl methyl sites for hydroxylation is 1. The number of hydrogen-bond acceptors (Lipinski definition) is 4. The summed E-state index contributed by atoms with van der Waals surface area (Å²) < 4.78 is 0. The second-order valence-electron chi connectivity index (χ2n) is 8.28. The Morgan fingerprint density at radius 2 is 1.57 bits per heavy atom. The van der Waals surface area contributed by atoms with Crippen molar-refractivity contribution in [3.63, 3.8) is 0 Å². The van der Waals surface area contributed by atoms with Gasteiger partial charge < -0.3 is 10.8 Å². The van der Waals surface area contributed by atoms with E-state index in [9.17, 15) is 5.11 Å². The lowest BCUT2D eigenvalue weighted by Gasteiger charge is -2.13. The van der Waals surface area contributed by atoms with Crippen LogP contribution in [0.15, 0.2) is 30.3 Å². The van der Waals surface area contributed by atoms with Gasteiger partial charge in [0.1, 0.15) is 16.8 Å². The van der Waals surface area contributed by atoms with Gasteiger partial charge in [0.15, 0.2) is 0 Å². The van der Waals surface area contributed by atoms with Gasteiger partial charge in [0.2, 0.25) is 0 Å². The molecule has 0 unspecified atom stereocenters. The Balaban J connectivity index is 1.58. The number of aromatic nitrogens is 3. The first-order valence-electron chi connectivity index (χ1n) is 11.6. The molecule has 2 aromatic carbocycles. The Hall–Kier alpha value is -2.40. The number of fused-ring (bicyclic) bond motifs is 1. The van der Waals surface area contributed by atoms with Gasteiger partial charge in [0, 0.05) is 17.7 Å². The zero-order valence-electron chi connectivity index (χ0n) is 18.3. The number of H-pyrrole nitrogens is 1. The Kier molecular flexibility index (Phi) is 8.69. The topological polar surface area (TPSA) is 87.8 Å². The highest BCUT2D eigenvalue weighted by atomic mass is 16.3. The highest BCUT2D eigenvalue weighted by Gasteiger charge is 2.15. The smallest absolute Gasteiger partial charge is 0.126 e. The predicted molar refractivity (Wildman–Crippen MR) is 124 cm³/mol. The molecule has 1 heterocycles. The minimum absolute atomic E-state index is 0.346. The van der Waals surface area contributed by atoms with Crippen molar-refractivity contribution in [2.75, 3.05) is 0 Å². The van der Waals surface area contributed by atoms with Crippen LogP contribution in [0.3, 0.4) is 0 Å². The fourth-order valence-corrected chi connectivity index (χ4v) is 4.16. The van der Waals surface area contributed by atoms with Crippen LogP contribution >= 0.6 is 0 Å². The first-order chi connectivity index (χ1) is 14.7. The average molecular weight is 409 g/mol. The van der Waals surface area contributed by atoms with Gasteiger partial charge in [-0.3, -0.25) is 0 Å². The standard InChI is InChI=1S/C25H36N4O/c1-2-3-4-5-6-7-8-9-10-11-13-20-16-19(18-26)17-22(25(20)30)21-14-12-15-23-24(21)28-29-27-23/h12,14-17,30H,2-11,13,18,26H2,1H3,(H,27,28,29). The van der Waals surface area contributed by atoms with Crippen molar-refractivity contribution in [2.24, 2.45) is 5.73 Å². The SMILES string of the molecule is CCCCCCCCCCCCc1cc(CN)cc(-c2cccc3n[nH]nc23)c1O. The zero-order chi connectivity index (χ0) is 21.2. The Morgan fingerprint density at radius 3 is 2.27 bits per heavy atom. The molecule has 0 radical (unpaired) electrons. The van der Waals surface area contributed by atoms with Crippen molar-refractivity contribution in [3.8, 4) is 16.9 Å². The normalized spacial score (nSPS) is 11.4. The quantitative estimate of drug-likeness (QED) is 0.292. The molecule has 0 atom stereocenters. The number of benzene rings is 2. The molecule has 3 rings (SSSR count). The van der Waals surface area contributed by atoms with Crippen molar-refractivity contribution in [3.05, 3.63) is 41.5 Å². The third kappa shape index (κ3) is 5.82. The number of hydrogen-bond donors (Lipinski definition) is 3. The van der Waals surface area contributed by atoms with Crippen LogP contribution in [0.1, 0.15) is 82.3 Å². The van der Waals surface area contributed by atoms with Crippen molar-refractivity contribution in [1.82, 2.24) is 15.4 Å². The first kappa shape index (κ1) is 22.3. The molecule has 0 bridgehead atoms. The Labute approximate surface area is 180 Å². The van der Waals surface area contributed by atoms with E-state index in [0.29, 0.717) is 12.3 Å². The molecule has 30 heavy (non-hydrogen) atoms. The number of aromatic hydroxyl groups is 1. The molecule has 3 aromatic rings. The molecule has 5 heteroatoms. The van der Waals surface area contributed by atoms with E-state index in [1.165, 1.54) is 57.8 Å². The van der Waals surface area contributed by atoms with E-state index in [4.69, 9.17) is 5.73 Å². The van der Waals surface area contributed by atoms with Crippen molar-refractivity contribution in [1.29, 1.82) is 0 Å². The summed E-state index contributed by atoms with van der Waals surface area (Å²) in [7, 11) is 0. The number of nitrogens with two attached hydrogens (primary N) is 1. The summed E-state index contributed by atoms with van der Waals surface area (Å²) in [5, 5.41) is 22.1. The predicted octanol–water partition coefficient (Wildman–Crippen LogP) is 6.25. The number of nitrogens with zero attached hydrogens (tertiary/aromatic N) is 2. The lowest BCUT2D eigenvalue weighted by Crippen LogP contribution is -2.00. The molecule has 0 fully saturated rings. The van der Waals surface area contributed by atoms with Gasteiger partial charge in [-0.05, 0) is 36.1 Å². The lowest BCUT2D eigenvalue weighted by molar-refractivity contribution is 0.467. The average Bonchev–Trinajstić information content (AvgIpc) is 3.25. The number of phenolic OH excluding ortho intramolecular Hbond substituents is 1. The molecule has 5 nitrogen and oxygen atoms in total. The number of nitrogens with one attached hydrogen (secondary N) is 1. The van der Waals surface area contributed by atoms with E-state index in [-0.39, 0.29) is 0 Å². The fraction of sp³-hybridized carbons (Fsp3) is 0.520. The van der Waals surface area contributed by atoms with Gasteiger partial charge in [-0.15, -0.1) is 0 Å². The molecular weight excluding hydrogens is 372 g/mol. The molecule has 0 saturated heterocycles. The molecule has 4 N–H and O–H groups in total. The molecule has 0 aliphatic rings. The summed E-state index contributed by atoms with van der Waals surface area (Å²) in [6.07, 6.45) is 13.9. The summed E-state index contributed by atoms with van der Waals surface area (Å²) in [6, 6.07) is 9.86. The van der Waals surface area contributed by atoms with Gasteiger partial charge in [0.05, 0.1) is 0 Å². The zero-order valence-corrected chi connectivity index (χ0v) is 18.3. The first-order valence-corrected chi connectivity index (χ1v) is 11.6. The van der Waals surface area contributed by atoms with Gasteiger partial charge in [-0.2, -0.15) is 15.4 Å². The highest BCUT2D eigenvalue weighted by Crippen LogP contribution is 2.37. The summed E-state index contributed by atoms with van der Waals surface area (Å²) in [5.41, 5.74) is 11.2. The van der Waals surface area contributed by atoms with Gasteiger partial charge in [-0.1, -0.05) is 82.9 Å². The van der Waals surface area contributed by atoms with Crippen LogP contribution in [-0.2, 0) is 13.0 Å². The number of rotatable bonds is 13. The second-order valence-corrected chi connectivity index (χ2v) is 8.28. The maximum absolute atomic E-state index is 11.0. The summed E-state index contributed by atoms with van der Waals surface area (Å²) in [4.78, 5) is 0. The molecular formula is C25H36N4O. The van der Waals surface area contributed by atoms with Crippen LogP contribution in [0, 0.1) is 0 Å². The monoisotopic (exact) mass is 408 g/mol. The molecule has 0 amide bonds. The molecule has 1 aromatic heterocycles. The van der Waals surface area contributed by atoms with E-state index < -0.39 is 0 Å². The van der Waals surface area contributed by atoms with Gasteiger partial charge >= 0.3 is 0 Å².